The first-order valence-corrected chi connectivity index (χ1v) is 7.75. The highest BCUT2D eigenvalue weighted by molar-refractivity contribution is 7.13. The smallest absolute Gasteiger partial charge is 0.252 e. The normalized spacial score (nSPS) is 10.4. The second kappa shape index (κ2) is 6.91. The van der Waals surface area contributed by atoms with E-state index in [1.165, 1.54) is 0 Å². The lowest BCUT2D eigenvalue weighted by molar-refractivity contribution is 0.0953. The van der Waals surface area contributed by atoms with Crippen LogP contribution in [0.15, 0.2) is 54.3 Å². The number of nitrogens with one attached hydrogen (secondary N) is 1. The SMILES string of the molecule is O=C(NCCc1csc(-c2ccccn2)n1)c1cccnc1. The van der Waals surface area contributed by atoms with Crippen molar-refractivity contribution in [3.63, 3.8) is 0 Å². The van der Waals surface area contributed by atoms with Crippen LogP contribution in [0.4, 0.5) is 0 Å². The van der Waals surface area contributed by atoms with E-state index in [-0.39, 0.29) is 5.91 Å². The fourth-order valence-corrected chi connectivity index (χ4v) is 2.76. The third-order valence-corrected chi connectivity index (χ3v) is 3.94. The number of carbonyl (C=O) groups is 1. The van der Waals surface area contributed by atoms with Crippen molar-refractivity contribution in [3.05, 3.63) is 65.6 Å². The molecule has 3 heterocycles. The van der Waals surface area contributed by atoms with E-state index >= 15 is 0 Å². The summed E-state index contributed by atoms with van der Waals surface area (Å²) in [6.45, 7) is 0.541. The van der Waals surface area contributed by atoms with E-state index in [0.717, 1.165) is 16.4 Å². The number of amides is 1. The number of rotatable bonds is 5. The Kier molecular flexibility index (Phi) is 4.50. The first-order valence-electron chi connectivity index (χ1n) is 6.87. The Morgan fingerprint density at radius 1 is 1.18 bits per heavy atom. The van der Waals surface area contributed by atoms with Gasteiger partial charge in [0.2, 0.25) is 0 Å². The van der Waals surface area contributed by atoms with Crippen LogP contribution in [0.25, 0.3) is 10.7 Å². The maximum Gasteiger partial charge on any atom is 0.252 e. The number of hydrogen-bond donors (Lipinski definition) is 1. The molecule has 3 rings (SSSR count). The zero-order valence-corrected chi connectivity index (χ0v) is 12.6. The van der Waals surface area contributed by atoms with E-state index in [1.54, 1.807) is 42.1 Å². The number of pyridine rings is 2. The molecule has 1 amide bonds. The minimum Gasteiger partial charge on any atom is -0.352 e. The minimum absolute atomic E-state index is 0.117. The van der Waals surface area contributed by atoms with Crippen LogP contribution in [0, 0.1) is 0 Å². The van der Waals surface area contributed by atoms with Gasteiger partial charge in [-0.05, 0) is 24.3 Å². The molecule has 1 N–H and O–H groups in total. The fraction of sp³-hybridized carbons (Fsp3) is 0.125. The van der Waals surface area contributed by atoms with Crippen molar-refractivity contribution in [1.29, 1.82) is 0 Å². The molecule has 0 saturated carbocycles. The summed E-state index contributed by atoms with van der Waals surface area (Å²) in [6.07, 6.45) is 5.64. The Labute approximate surface area is 132 Å². The highest BCUT2D eigenvalue weighted by Gasteiger charge is 2.07. The van der Waals surface area contributed by atoms with Crippen molar-refractivity contribution < 1.29 is 4.79 Å². The van der Waals surface area contributed by atoms with Crippen LogP contribution in [-0.4, -0.2) is 27.4 Å². The molecular weight excluding hydrogens is 296 g/mol. The summed E-state index contributed by atoms with van der Waals surface area (Å²) in [4.78, 5) is 24.6. The number of hydrogen-bond acceptors (Lipinski definition) is 5. The predicted molar refractivity (Wildman–Crippen MR) is 85.6 cm³/mol. The van der Waals surface area contributed by atoms with Gasteiger partial charge < -0.3 is 5.32 Å². The van der Waals surface area contributed by atoms with Crippen molar-refractivity contribution in [2.75, 3.05) is 6.54 Å². The molecule has 0 atom stereocenters. The van der Waals surface area contributed by atoms with Crippen molar-refractivity contribution in [1.82, 2.24) is 20.3 Å². The Balaban J connectivity index is 1.55. The maximum absolute atomic E-state index is 11.9. The quantitative estimate of drug-likeness (QED) is 0.786. The molecule has 0 radical (unpaired) electrons. The largest absolute Gasteiger partial charge is 0.352 e. The lowest BCUT2D eigenvalue weighted by Crippen LogP contribution is -2.25. The average Bonchev–Trinajstić information content (AvgIpc) is 3.05. The monoisotopic (exact) mass is 310 g/mol. The summed E-state index contributed by atoms with van der Waals surface area (Å²) in [5, 5.41) is 5.76. The van der Waals surface area contributed by atoms with Gasteiger partial charge in [0, 0.05) is 36.9 Å². The van der Waals surface area contributed by atoms with Gasteiger partial charge in [-0.3, -0.25) is 14.8 Å². The highest BCUT2D eigenvalue weighted by atomic mass is 32.1. The number of thiazole rings is 1. The summed E-state index contributed by atoms with van der Waals surface area (Å²) < 4.78 is 0. The molecule has 0 fully saturated rings. The Morgan fingerprint density at radius 3 is 2.91 bits per heavy atom. The van der Waals surface area contributed by atoms with Gasteiger partial charge in [-0.25, -0.2) is 4.98 Å². The molecule has 5 nitrogen and oxygen atoms in total. The van der Waals surface area contributed by atoms with Crippen LogP contribution in [0.3, 0.4) is 0 Å². The van der Waals surface area contributed by atoms with Crippen LogP contribution >= 0.6 is 11.3 Å². The summed E-state index contributed by atoms with van der Waals surface area (Å²) in [5.41, 5.74) is 2.39. The first kappa shape index (κ1) is 14.3. The molecule has 22 heavy (non-hydrogen) atoms. The zero-order chi connectivity index (χ0) is 15.2. The van der Waals surface area contributed by atoms with Gasteiger partial charge in [-0.2, -0.15) is 0 Å². The van der Waals surface area contributed by atoms with E-state index < -0.39 is 0 Å². The fourth-order valence-electron chi connectivity index (χ4n) is 1.93. The van der Waals surface area contributed by atoms with Crippen molar-refractivity contribution in [2.45, 2.75) is 6.42 Å². The summed E-state index contributed by atoms with van der Waals surface area (Å²) in [7, 11) is 0. The van der Waals surface area contributed by atoms with Crippen LogP contribution in [0.1, 0.15) is 16.1 Å². The van der Waals surface area contributed by atoms with E-state index in [0.29, 0.717) is 18.5 Å². The molecule has 6 heteroatoms. The minimum atomic E-state index is -0.117. The molecule has 0 spiro atoms. The molecule has 3 aromatic rings. The Bertz CT molecular complexity index is 743. The lowest BCUT2D eigenvalue weighted by Gasteiger charge is -2.03. The number of carbonyl (C=O) groups excluding carboxylic acids is 1. The molecule has 0 aliphatic carbocycles. The first-order chi connectivity index (χ1) is 10.8. The molecule has 0 aliphatic rings. The third-order valence-electron chi connectivity index (χ3n) is 3.03. The Hall–Kier alpha value is -2.60. The van der Waals surface area contributed by atoms with Crippen LogP contribution in [0.5, 0.6) is 0 Å². The van der Waals surface area contributed by atoms with Crippen LogP contribution in [-0.2, 0) is 6.42 Å². The zero-order valence-electron chi connectivity index (χ0n) is 11.8. The molecule has 3 aromatic heterocycles. The maximum atomic E-state index is 11.9. The third kappa shape index (κ3) is 3.53. The van der Waals surface area contributed by atoms with Gasteiger partial charge in [0.1, 0.15) is 5.01 Å². The molecule has 0 saturated heterocycles. The van der Waals surface area contributed by atoms with Crippen LogP contribution in [0.2, 0.25) is 0 Å². The van der Waals surface area contributed by atoms with E-state index in [2.05, 4.69) is 20.3 Å². The van der Waals surface area contributed by atoms with Gasteiger partial charge in [0.25, 0.3) is 5.91 Å². The Morgan fingerprint density at radius 2 is 2.14 bits per heavy atom. The van der Waals surface area contributed by atoms with Gasteiger partial charge in [0.15, 0.2) is 0 Å². The van der Waals surface area contributed by atoms with E-state index in [1.807, 2.05) is 23.6 Å². The highest BCUT2D eigenvalue weighted by Crippen LogP contribution is 2.21. The second-order valence-corrected chi connectivity index (χ2v) is 5.46. The summed E-state index contributed by atoms with van der Waals surface area (Å²) in [6, 6.07) is 9.25. The lowest BCUT2D eigenvalue weighted by atomic mass is 10.2. The standard InChI is InChI=1S/C16H14N4OS/c21-15(12-4-3-7-17-10-12)19-9-6-13-11-22-16(20-13)14-5-1-2-8-18-14/h1-5,7-8,10-11H,6,9H2,(H,19,21). The molecule has 0 aromatic carbocycles. The molecular formula is C16H14N4OS. The van der Waals surface area contributed by atoms with E-state index in [9.17, 15) is 4.79 Å². The van der Waals surface area contributed by atoms with Gasteiger partial charge >= 0.3 is 0 Å². The molecule has 110 valence electrons. The van der Waals surface area contributed by atoms with Crippen molar-refractivity contribution in [3.8, 4) is 10.7 Å². The topological polar surface area (TPSA) is 67.8 Å². The molecule has 0 unspecified atom stereocenters. The number of aromatic nitrogens is 3. The van der Waals surface area contributed by atoms with Gasteiger partial charge in [-0.15, -0.1) is 11.3 Å². The molecule has 0 aliphatic heterocycles. The predicted octanol–water partition coefficient (Wildman–Crippen LogP) is 2.57. The second-order valence-electron chi connectivity index (χ2n) is 4.61. The number of nitrogens with zero attached hydrogens (tertiary/aromatic N) is 3. The van der Waals surface area contributed by atoms with Gasteiger partial charge in [-0.1, -0.05) is 6.07 Å². The van der Waals surface area contributed by atoms with E-state index in [4.69, 9.17) is 0 Å². The van der Waals surface area contributed by atoms with Crippen molar-refractivity contribution >= 4 is 17.2 Å². The average molecular weight is 310 g/mol. The van der Waals surface area contributed by atoms with Gasteiger partial charge in [0.05, 0.1) is 17.0 Å². The molecule has 0 bridgehead atoms. The summed E-state index contributed by atoms with van der Waals surface area (Å²) >= 11 is 1.56. The van der Waals surface area contributed by atoms with Crippen molar-refractivity contribution in [2.24, 2.45) is 0 Å². The van der Waals surface area contributed by atoms with Crippen LogP contribution < -0.4 is 5.32 Å². The summed E-state index contributed by atoms with van der Waals surface area (Å²) in [5.74, 6) is -0.117.